The van der Waals surface area contributed by atoms with Gasteiger partial charge in [0.2, 0.25) is 5.91 Å². The second kappa shape index (κ2) is 10.4. The van der Waals surface area contributed by atoms with E-state index in [-0.39, 0.29) is 12.1 Å². The monoisotopic (exact) mass is 577 g/mol. The molecule has 0 saturated carbocycles. The van der Waals surface area contributed by atoms with Crippen molar-refractivity contribution in [1.82, 2.24) is 5.32 Å². The molecule has 3 aromatic carbocycles. The van der Waals surface area contributed by atoms with Crippen LogP contribution in [-0.4, -0.2) is 17.0 Å². The molecule has 5 nitrogen and oxygen atoms in total. The van der Waals surface area contributed by atoms with Crippen LogP contribution in [-0.2, 0) is 16.0 Å². The highest BCUT2D eigenvalue weighted by Crippen LogP contribution is 2.29. The number of halogens is 2. The Hall–Kier alpha value is -2.65. The summed E-state index contributed by atoms with van der Waals surface area (Å²) in [5, 5.41) is 11.9. The van der Waals surface area contributed by atoms with Crippen molar-refractivity contribution in [3.8, 4) is 11.5 Å². The molecule has 0 bridgehead atoms. The third kappa shape index (κ3) is 6.43. The van der Waals surface area contributed by atoms with Crippen LogP contribution in [0.15, 0.2) is 83.0 Å². The van der Waals surface area contributed by atoms with Gasteiger partial charge < -0.3 is 15.2 Å². The number of nitrogens with one attached hydrogen (secondary N) is 1. The van der Waals surface area contributed by atoms with Crippen molar-refractivity contribution in [3.63, 3.8) is 0 Å². The Kier molecular flexibility index (Phi) is 7.64. The van der Waals surface area contributed by atoms with E-state index >= 15 is 0 Å². The van der Waals surface area contributed by atoms with Gasteiger partial charge in [0.15, 0.2) is 0 Å². The van der Waals surface area contributed by atoms with E-state index in [0.717, 1.165) is 13.6 Å². The lowest BCUT2D eigenvalue weighted by atomic mass is 10.1. The summed E-state index contributed by atoms with van der Waals surface area (Å²) in [4.78, 5) is 23.8. The fourth-order valence-electron chi connectivity index (χ4n) is 2.59. The van der Waals surface area contributed by atoms with Gasteiger partial charge in [-0.2, -0.15) is 0 Å². The number of ether oxygens (including phenoxy) is 1. The number of rotatable bonds is 7. The maximum absolute atomic E-state index is 12.3. The van der Waals surface area contributed by atoms with Crippen LogP contribution in [0.1, 0.15) is 11.1 Å². The molecule has 3 aromatic rings. The van der Waals surface area contributed by atoms with E-state index in [2.05, 4.69) is 43.8 Å². The fraction of sp³-hybridized carbons (Fsp3) is 0.0435. The van der Waals surface area contributed by atoms with Crippen LogP contribution in [0.2, 0.25) is 0 Å². The number of para-hydroxylation sites is 1. The third-order valence-electron chi connectivity index (χ3n) is 4.04. The molecule has 0 aromatic heterocycles. The zero-order valence-electron chi connectivity index (χ0n) is 15.6. The molecule has 7 heteroatoms. The smallest absolute Gasteiger partial charge is 0.352 e. The van der Waals surface area contributed by atoms with Crippen LogP contribution in [0.3, 0.4) is 0 Å². The summed E-state index contributed by atoms with van der Waals surface area (Å²) in [5.74, 6) is -0.313. The number of carbonyl (C=O) groups is 2. The average Bonchev–Trinajstić information content (AvgIpc) is 2.72. The molecule has 152 valence electrons. The Labute approximate surface area is 196 Å². The highest BCUT2D eigenvalue weighted by molar-refractivity contribution is 14.1. The fourth-order valence-corrected chi connectivity index (χ4v) is 3.31. The van der Waals surface area contributed by atoms with Crippen molar-refractivity contribution < 1.29 is 19.4 Å². The Morgan fingerprint density at radius 3 is 2.30 bits per heavy atom. The molecule has 1 amide bonds. The Morgan fingerprint density at radius 2 is 1.67 bits per heavy atom. The van der Waals surface area contributed by atoms with E-state index in [1.54, 1.807) is 24.3 Å². The second-order valence-corrected chi connectivity index (χ2v) is 8.42. The summed E-state index contributed by atoms with van der Waals surface area (Å²) in [5.41, 5.74) is 1.25. The van der Waals surface area contributed by atoms with Crippen LogP contribution in [0, 0.1) is 3.57 Å². The Balaban J connectivity index is 1.68. The maximum atomic E-state index is 12.3. The first-order chi connectivity index (χ1) is 14.4. The first kappa shape index (κ1) is 22.0. The number of benzene rings is 3. The number of carboxylic acid groups (broad SMARTS) is 1. The first-order valence-electron chi connectivity index (χ1n) is 8.92. The highest BCUT2D eigenvalue weighted by atomic mass is 127. The zero-order valence-corrected chi connectivity index (χ0v) is 19.4. The average molecular weight is 578 g/mol. The number of hydrogen-bond acceptors (Lipinski definition) is 3. The van der Waals surface area contributed by atoms with Gasteiger partial charge in [0.1, 0.15) is 17.2 Å². The topological polar surface area (TPSA) is 75.6 Å². The van der Waals surface area contributed by atoms with Crippen molar-refractivity contribution in [2.45, 2.75) is 6.42 Å². The summed E-state index contributed by atoms with van der Waals surface area (Å²) in [6, 6.07) is 21.9. The van der Waals surface area contributed by atoms with E-state index in [4.69, 9.17) is 4.74 Å². The molecular weight excluding hydrogens is 561 g/mol. The molecule has 0 aliphatic heterocycles. The van der Waals surface area contributed by atoms with Crippen LogP contribution >= 0.6 is 38.5 Å². The van der Waals surface area contributed by atoms with Gasteiger partial charge in [-0.05, 0) is 92.1 Å². The van der Waals surface area contributed by atoms with Gasteiger partial charge in [0.25, 0.3) is 0 Å². The van der Waals surface area contributed by atoms with Gasteiger partial charge >= 0.3 is 5.97 Å². The Bertz CT molecular complexity index is 1080. The van der Waals surface area contributed by atoms with E-state index in [1.807, 2.05) is 48.5 Å². The molecule has 0 aliphatic carbocycles. The van der Waals surface area contributed by atoms with E-state index in [0.29, 0.717) is 17.1 Å². The quantitative estimate of drug-likeness (QED) is 0.282. The Morgan fingerprint density at radius 1 is 1.00 bits per heavy atom. The molecule has 30 heavy (non-hydrogen) atoms. The summed E-state index contributed by atoms with van der Waals surface area (Å²) >= 11 is 5.61. The van der Waals surface area contributed by atoms with Gasteiger partial charge in [-0.25, -0.2) is 4.79 Å². The molecule has 0 saturated heterocycles. The molecule has 2 N–H and O–H groups in total. The molecule has 0 fully saturated rings. The number of hydrogen-bond donors (Lipinski definition) is 2. The van der Waals surface area contributed by atoms with Crippen LogP contribution in [0.4, 0.5) is 0 Å². The number of amides is 1. The zero-order chi connectivity index (χ0) is 21.5. The van der Waals surface area contributed by atoms with E-state index in [9.17, 15) is 14.7 Å². The molecule has 0 unspecified atom stereocenters. The predicted molar refractivity (Wildman–Crippen MR) is 127 cm³/mol. The van der Waals surface area contributed by atoms with Gasteiger partial charge in [0.05, 0.1) is 10.9 Å². The van der Waals surface area contributed by atoms with Crippen molar-refractivity contribution >= 4 is 56.5 Å². The standard InChI is InChI=1S/C23H17BrINO4/c24-19-3-1-2-4-21(19)30-18-11-7-15(8-12-18)13-20(23(28)29)26-22(27)14-16-5-9-17(25)10-6-16/h1-13H,14H2,(H,26,27)(H,28,29)/b20-13-. The van der Waals surface area contributed by atoms with Gasteiger partial charge in [-0.1, -0.05) is 36.4 Å². The lowest BCUT2D eigenvalue weighted by molar-refractivity contribution is -0.134. The maximum Gasteiger partial charge on any atom is 0.352 e. The largest absolute Gasteiger partial charge is 0.477 e. The van der Waals surface area contributed by atoms with Gasteiger partial charge in [-0.15, -0.1) is 0 Å². The summed E-state index contributed by atoms with van der Waals surface area (Å²) in [7, 11) is 0. The third-order valence-corrected chi connectivity index (χ3v) is 5.41. The minimum absolute atomic E-state index is 0.0975. The SMILES string of the molecule is O=C(Cc1ccc(I)cc1)N/C(=C\c1ccc(Oc2ccccc2Br)cc1)C(=O)O. The molecule has 0 spiro atoms. The molecular formula is C23H17BrINO4. The molecule has 3 rings (SSSR count). The lowest BCUT2D eigenvalue weighted by Crippen LogP contribution is -2.28. The lowest BCUT2D eigenvalue weighted by Gasteiger charge is -2.09. The van der Waals surface area contributed by atoms with Crippen molar-refractivity contribution in [2.75, 3.05) is 0 Å². The van der Waals surface area contributed by atoms with Crippen molar-refractivity contribution in [1.29, 1.82) is 0 Å². The molecule has 0 aliphatic rings. The van der Waals surface area contributed by atoms with Crippen molar-refractivity contribution in [3.05, 3.63) is 97.7 Å². The summed E-state index contributed by atoms with van der Waals surface area (Å²) < 4.78 is 7.70. The van der Waals surface area contributed by atoms with Crippen LogP contribution < -0.4 is 10.1 Å². The van der Waals surface area contributed by atoms with E-state index in [1.165, 1.54) is 6.08 Å². The number of carbonyl (C=O) groups excluding carboxylic acids is 1. The number of carboxylic acids is 1. The normalized spacial score (nSPS) is 11.1. The molecule has 0 heterocycles. The minimum atomic E-state index is -1.21. The van der Waals surface area contributed by atoms with Gasteiger partial charge in [0, 0.05) is 3.57 Å². The van der Waals surface area contributed by atoms with Gasteiger partial charge in [-0.3, -0.25) is 4.79 Å². The van der Waals surface area contributed by atoms with E-state index < -0.39 is 11.9 Å². The summed E-state index contributed by atoms with van der Waals surface area (Å²) in [6.45, 7) is 0. The first-order valence-corrected chi connectivity index (χ1v) is 10.8. The number of aliphatic carboxylic acids is 1. The van der Waals surface area contributed by atoms with Crippen molar-refractivity contribution in [2.24, 2.45) is 0 Å². The van der Waals surface area contributed by atoms with Crippen LogP contribution in [0.25, 0.3) is 6.08 Å². The summed E-state index contributed by atoms with van der Waals surface area (Å²) in [6.07, 6.45) is 1.51. The second-order valence-electron chi connectivity index (χ2n) is 6.32. The van der Waals surface area contributed by atoms with Crippen LogP contribution in [0.5, 0.6) is 11.5 Å². The highest BCUT2D eigenvalue weighted by Gasteiger charge is 2.12. The predicted octanol–water partition coefficient (Wildman–Crippen LogP) is 5.63. The molecule has 0 atom stereocenters. The minimum Gasteiger partial charge on any atom is -0.477 e. The molecule has 0 radical (unpaired) electrons.